The number of hydrogen-bond acceptors (Lipinski definition) is 4. The summed E-state index contributed by atoms with van der Waals surface area (Å²) in [4.78, 5) is 21.5. The highest BCUT2D eigenvalue weighted by molar-refractivity contribution is 5.98. The highest BCUT2D eigenvalue weighted by Crippen LogP contribution is 2.22. The van der Waals surface area contributed by atoms with Crippen LogP contribution in [0.2, 0.25) is 0 Å². The Morgan fingerprint density at radius 2 is 1.90 bits per heavy atom. The number of benzene rings is 1. The smallest absolute Gasteiger partial charge is 0.285 e. The van der Waals surface area contributed by atoms with E-state index in [0.717, 1.165) is 0 Å². The number of nitrogens with one attached hydrogen (secondary N) is 1. The van der Waals surface area contributed by atoms with E-state index in [-0.39, 0.29) is 13.2 Å². The van der Waals surface area contributed by atoms with Crippen LogP contribution in [-0.2, 0) is 0 Å². The Hall–Kier alpha value is -2.09. The number of carbonyl (C=O) groups is 1. The fraction of sp³-hybridized carbons (Fsp3) is 0.417. The molecule has 110 valence electrons. The average Bonchev–Trinajstić information content (AvgIpc) is 2.40. The quantitative estimate of drug-likeness (QED) is 0.454. The van der Waals surface area contributed by atoms with Crippen molar-refractivity contribution < 1.29 is 23.6 Å². The second kappa shape index (κ2) is 7.49. The second-order valence-electron chi connectivity index (χ2n) is 4.08. The molecule has 20 heavy (non-hydrogen) atoms. The number of amides is 1. The van der Waals surface area contributed by atoms with Crippen LogP contribution in [0.25, 0.3) is 0 Å². The number of carbonyl (C=O) groups excluding carboxylic acids is 1. The Kier molecular flexibility index (Phi) is 5.98. The number of hydrogen-bond donors (Lipinski definition) is 2. The van der Waals surface area contributed by atoms with Gasteiger partial charge in [0, 0.05) is 13.2 Å². The number of nitrogens with zero attached hydrogens (tertiary/aromatic N) is 1. The van der Waals surface area contributed by atoms with E-state index in [1.54, 1.807) is 0 Å². The van der Waals surface area contributed by atoms with Crippen LogP contribution in [0.5, 0.6) is 0 Å². The Balaban J connectivity index is 2.76. The van der Waals surface area contributed by atoms with E-state index in [2.05, 4.69) is 5.32 Å². The molecule has 1 aromatic carbocycles. The predicted octanol–water partition coefficient (Wildman–Crippen LogP) is 1.77. The molecule has 1 rings (SSSR count). The SMILES string of the molecule is O=C(NCCCCCO)c1cc(F)c(F)cc1[N+](=O)[O-]. The van der Waals surface area contributed by atoms with Gasteiger partial charge in [-0.05, 0) is 25.3 Å². The lowest BCUT2D eigenvalue weighted by atomic mass is 10.1. The number of unbranched alkanes of at least 4 members (excludes halogenated alkanes) is 2. The molecule has 1 amide bonds. The van der Waals surface area contributed by atoms with Gasteiger partial charge in [-0.3, -0.25) is 14.9 Å². The third-order valence-corrected chi connectivity index (χ3v) is 2.60. The molecule has 0 heterocycles. The topological polar surface area (TPSA) is 92.5 Å². The Bertz CT molecular complexity index is 508. The Morgan fingerprint density at radius 1 is 1.25 bits per heavy atom. The van der Waals surface area contributed by atoms with Crippen LogP contribution in [-0.4, -0.2) is 29.1 Å². The first-order chi connectivity index (χ1) is 9.47. The number of rotatable bonds is 7. The van der Waals surface area contributed by atoms with Crippen molar-refractivity contribution in [2.45, 2.75) is 19.3 Å². The molecular formula is C12H14F2N2O4. The van der Waals surface area contributed by atoms with Gasteiger partial charge >= 0.3 is 0 Å². The maximum atomic E-state index is 13.1. The second-order valence-corrected chi connectivity index (χ2v) is 4.08. The molecule has 1 aromatic rings. The summed E-state index contributed by atoms with van der Waals surface area (Å²) in [6.07, 6.45) is 1.83. The van der Waals surface area contributed by atoms with Crippen molar-refractivity contribution >= 4 is 11.6 Å². The predicted molar refractivity (Wildman–Crippen MR) is 66.3 cm³/mol. The van der Waals surface area contributed by atoms with Crippen LogP contribution in [0.1, 0.15) is 29.6 Å². The number of nitro benzene ring substituents is 1. The van der Waals surface area contributed by atoms with Gasteiger partial charge in [0.25, 0.3) is 11.6 Å². The Labute approximate surface area is 113 Å². The molecule has 0 aliphatic rings. The molecular weight excluding hydrogens is 274 g/mol. The molecule has 0 spiro atoms. The van der Waals surface area contributed by atoms with Gasteiger partial charge in [-0.25, -0.2) is 8.78 Å². The van der Waals surface area contributed by atoms with Crippen molar-refractivity contribution in [2.24, 2.45) is 0 Å². The lowest BCUT2D eigenvalue weighted by Gasteiger charge is -2.06. The summed E-state index contributed by atoms with van der Waals surface area (Å²) in [7, 11) is 0. The first-order valence-electron chi connectivity index (χ1n) is 6.00. The van der Waals surface area contributed by atoms with E-state index < -0.39 is 33.7 Å². The van der Waals surface area contributed by atoms with Crippen LogP contribution in [0.4, 0.5) is 14.5 Å². The third-order valence-electron chi connectivity index (χ3n) is 2.60. The van der Waals surface area contributed by atoms with Gasteiger partial charge < -0.3 is 10.4 Å². The van der Waals surface area contributed by atoms with Crippen molar-refractivity contribution in [1.82, 2.24) is 5.32 Å². The summed E-state index contributed by atoms with van der Waals surface area (Å²) < 4.78 is 26.0. The van der Waals surface area contributed by atoms with Crippen LogP contribution in [0.3, 0.4) is 0 Å². The summed E-state index contributed by atoms with van der Waals surface area (Å²) in [6.45, 7) is 0.275. The van der Waals surface area contributed by atoms with Crippen LogP contribution in [0.15, 0.2) is 12.1 Å². The molecule has 0 bridgehead atoms. The zero-order valence-corrected chi connectivity index (χ0v) is 10.6. The van der Waals surface area contributed by atoms with Crippen LogP contribution < -0.4 is 5.32 Å². The maximum absolute atomic E-state index is 13.1. The van der Waals surface area contributed by atoms with Crippen molar-refractivity contribution in [3.05, 3.63) is 39.4 Å². The molecule has 8 heteroatoms. The number of aliphatic hydroxyl groups excluding tert-OH is 1. The standard InChI is InChI=1S/C12H14F2N2O4/c13-9-6-8(11(16(19)20)7-10(9)14)12(18)15-4-2-1-3-5-17/h6-7,17H,1-5H2,(H,15,18). The molecule has 0 radical (unpaired) electrons. The normalized spacial score (nSPS) is 10.3. The number of halogens is 2. The number of nitro groups is 1. The zero-order chi connectivity index (χ0) is 15.1. The van der Waals surface area contributed by atoms with Gasteiger partial charge in [-0.15, -0.1) is 0 Å². The van der Waals surface area contributed by atoms with E-state index in [1.165, 1.54) is 0 Å². The van der Waals surface area contributed by atoms with Gasteiger partial charge in [0.2, 0.25) is 0 Å². The van der Waals surface area contributed by atoms with Crippen LogP contribution in [0, 0.1) is 21.7 Å². The summed E-state index contributed by atoms with van der Waals surface area (Å²) in [6, 6.07) is 0.895. The van der Waals surface area contributed by atoms with Crippen LogP contribution >= 0.6 is 0 Å². The third kappa shape index (κ3) is 4.23. The van der Waals surface area contributed by atoms with Crippen molar-refractivity contribution in [3.8, 4) is 0 Å². The fourth-order valence-corrected chi connectivity index (χ4v) is 1.58. The first kappa shape index (κ1) is 16.0. The zero-order valence-electron chi connectivity index (χ0n) is 10.6. The highest BCUT2D eigenvalue weighted by atomic mass is 19.2. The number of aliphatic hydroxyl groups is 1. The molecule has 2 N–H and O–H groups in total. The highest BCUT2D eigenvalue weighted by Gasteiger charge is 2.23. The lowest BCUT2D eigenvalue weighted by molar-refractivity contribution is -0.385. The maximum Gasteiger partial charge on any atom is 0.285 e. The van der Waals surface area contributed by atoms with E-state index in [1.807, 2.05) is 0 Å². The van der Waals surface area contributed by atoms with Gasteiger partial charge in [0.15, 0.2) is 11.6 Å². The molecule has 0 fully saturated rings. The van der Waals surface area contributed by atoms with Gasteiger partial charge in [-0.2, -0.15) is 0 Å². The molecule has 0 saturated heterocycles. The van der Waals surface area contributed by atoms with E-state index in [9.17, 15) is 23.7 Å². The minimum atomic E-state index is -1.38. The van der Waals surface area contributed by atoms with Gasteiger partial charge in [0.05, 0.1) is 11.0 Å². The summed E-state index contributed by atoms with van der Waals surface area (Å²) >= 11 is 0. The van der Waals surface area contributed by atoms with Crippen molar-refractivity contribution in [3.63, 3.8) is 0 Å². The first-order valence-corrected chi connectivity index (χ1v) is 6.00. The monoisotopic (exact) mass is 288 g/mol. The minimum absolute atomic E-state index is 0.0442. The van der Waals surface area contributed by atoms with E-state index in [4.69, 9.17) is 5.11 Å². The largest absolute Gasteiger partial charge is 0.396 e. The summed E-state index contributed by atoms with van der Waals surface area (Å²) in [5.74, 6) is -3.53. The molecule has 0 unspecified atom stereocenters. The minimum Gasteiger partial charge on any atom is -0.396 e. The molecule has 0 saturated carbocycles. The van der Waals surface area contributed by atoms with E-state index in [0.29, 0.717) is 31.4 Å². The summed E-state index contributed by atoms with van der Waals surface area (Å²) in [5, 5.41) is 21.7. The lowest BCUT2D eigenvalue weighted by Crippen LogP contribution is -2.25. The Morgan fingerprint density at radius 3 is 2.50 bits per heavy atom. The summed E-state index contributed by atoms with van der Waals surface area (Å²) in [5.41, 5.74) is -1.30. The van der Waals surface area contributed by atoms with E-state index >= 15 is 0 Å². The molecule has 0 aliphatic carbocycles. The van der Waals surface area contributed by atoms with Gasteiger partial charge in [0.1, 0.15) is 5.56 Å². The molecule has 0 aliphatic heterocycles. The molecule has 6 nitrogen and oxygen atoms in total. The average molecular weight is 288 g/mol. The molecule has 0 aromatic heterocycles. The van der Waals surface area contributed by atoms with Gasteiger partial charge in [-0.1, -0.05) is 0 Å². The van der Waals surface area contributed by atoms with Crippen molar-refractivity contribution in [1.29, 1.82) is 0 Å². The molecule has 0 atom stereocenters. The fourth-order valence-electron chi connectivity index (χ4n) is 1.58. The van der Waals surface area contributed by atoms with Crippen molar-refractivity contribution in [2.75, 3.05) is 13.2 Å².